The van der Waals surface area contributed by atoms with Crippen molar-refractivity contribution >= 4 is 21.6 Å². The molecule has 0 saturated carbocycles. The number of benzene rings is 1. The van der Waals surface area contributed by atoms with Crippen molar-refractivity contribution in [1.29, 1.82) is 0 Å². The Labute approximate surface area is 106 Å². The lowest BCUT2D eigenvalue weighted by atomic mass is 10.0. The Morgan fingerprint density at radius 2 is 2.19 bits per heavy atom. The number of anilines is 1. The largest absolute Gasteiger partial charge is 0.398 e. The lowest BCUT2D eigenvalue weighted by molar-refractivity contribution is 0.166. The fourth-order valence-electron chi connectivity index (χ4n) is 2.35. The zero-order valence-corrected chi connectivity index (χ0v) is 11.5. The molecule has 1 heterocycles. The fourth-order valence-corrected chi connectivity index (χ4v) is 2.77. The van der Waals surface area contributed by atoms with Crippen molar-refractivity contribution in [3.63, 3.8) is 0 Å². The van der Waals surface area contributed by atoms with Crippen LogP contribution >= 0.6 is 15.9 Å². The van der Waals surface area contributed by atoms with E-state index < -0.39 is 0 Å². The molecule has 0 aliphatic carbocycles. The van der Waals surface area contributed by atoms with Crippen LogP contribution in [-0.2, 0) is 6.54 Å². The molecule has 88 valence electrons. The summed E-state index contributed by atoms with van der Waals surface area (Å²) in [4.78, 5) is 2.55. The van der Waals surface area contributed by atoms with Gasteiger partial charge in [-0.1, -0.05) is 6.07 Å². The van der Waals surface area contributed by atoms with Gasteiger partial charge in [0.2, 0.25) is 0 Å². The van der Waals surface area contributed by atoms with Gasteiger partial charge in [-0.25, -0.2) is 0 Å². The summed E-state index contributed by atoms with van der Waals surface area (Å²) in [6, 6.07) is 6.22. The summed E-state index contributed by atoms with van der Waals surface area (Å²) in [5.41, 5.74) is 8.27. The molecule has 0 aromatic heterocycles. The molecule has 0 bridgehead atoms. The number of halogens is 1. The summed E-state index contributed by atoms with van der Waals surface area (Å²) >= 11 is 3.48. The minimum absolute atomic E-state index is 0.341. The van der Waals surface area contributed by atoms with E-state index in [4.69, 9.17) is 5.73 Å². The van der Waals surface area contributed by atoms with Crippen LogP contribution in [0.2, 0.25) is 0 Å². The van der Waals surface area contributed by atoms with Crippen LogP contribution in [0.25, 0.3) is 0 Å². The lowest BCUT2D eigenvalue weighted by Gasteiger charge is -2.31. The topological polar surface area (TPSA) is 29.3 Å². The third-order valence-electron chi connectivity index (χ3n) is 3.51. The summed E-state index contributed by atoms with van der Waals surface area (Å²) in [7, 11) is 0. The molecular formula is C13H19BrN2. The Kier molecular flexibility index (Phi) is 3.27. The van der Waals surface area contributed by atoms with Crippen molar-refractivity contribution < 1.29 is 0 Å². The fraction of sp³-hybridized carbons (Fsp3) is 0.538. The number of likely N-dealkylation sites (tertiary alicyclic amines) is 1. The van der Waals surface area contributed by atoms with E-state index in [9.17, 15) is 0 Å². The van der Waals surface area contributed by atoms with E-state index in [1.165, 1.54) is 24.9 Å². The zero-order valence-electron chi connectivity index (χ0n) is 9.96. The van der Waals surface area contributed by atoms with Crippen molar-refractivity contribution in [3.05, 3.63) is 28.2 Å². The molecule has 3 heteroatoms. The summed E-state index contributed by atoms with van der Waals surface area (Å²) in [5, 5.41) is 0. The molecule has 2 rings (SSSR count). The number of nitrogens with two attached hydrogens (primary N) is 1. The Hall–Kier alpha value is -0.540. The Morgan fingerprint density at radius 1 is 1.44 bits per heavy atom. The van der Waals surface area contributed by atoms with Gasteiger partial charge in [-0.2, -0.15) is 0 Å². The number of hydrogen-bond donors (Lipinski definition) is 1. The van der Waals surface area contributed by atoms with E-state index in [2.05, 4.69) is 46.8 Å². The maximum atomic E-state index is 5.79. The minimum Gasteiger partial charge on any atom is -0.398 e. The highest BCUT2D eigenvalue weighted by molar-refractivity contribution is 9.10. The molecule has 0 spiro atoms. The van der Waals surface area contributed by atoms with Crippen LogP contribution < -0.4 is 5.73 Å². The second kappa shape index (κ2) is 4.38. The second-order valence-electron chi connectivity index (χ2n) is 5.19. The molecule has 1 aliphatic heterocycles. The van der Waals surface area contributed by atoms with E-state index in [1.807, 2.05) is 6.07 Å². The third kappa shape index (κ3) is 2.41. The first-order chi connectivity index (χ1) is 7.49. The SMILES string of the molecule is CC1(C)CCCN1Cc1ccc(N)c(Br)c1. The van der Waals surface area contributed by atoms with Gasteiger partial charge in [0.05, 0.1) is 0 Å². The van der Waals surface area contributed by atoms with Crippen LogP contribution in [0.15, 0.2) is 22.7 Å². The predicted molar refractivity (Wildman–Crippen MR) is 72.3 cm³/mol. The molecule has 1 aromatic carbocycles. The smallest absolute Gasteiger partial charge is 0.0458 e. The monoisotopic (exact) mass is 282 g/mol. The zero-order chi connectivity index (χ0) is 11.8. The minimum atomic E-state index is 0.341. The second-order valence-corrected chi connectivity index (χ2v) is 6.05. The maximum Gasteiger partial charge on any atom is 0.0458 e. The van der Waals surface area contributed by atoms with Crippen LogP contribution in [-0.4, -0.2) is 17.0 Å². The highest BCUT2D eigenvalue weighted by atomic mass is 79.9. The van der Waals surface area contributed by atoms with Crippen LogP contribution in [0, 0.1) is 0 Å². The van der Waals surface area contributed by atoms with Gasteiger partial charge >= 0.3 is 0 Å². The van der Waals surface area contributed by atoms with Gasteiger partial charge in [0.1, 0.15) is 0 Å². The van der Waals surface area contributed by atoms with Gasteiger partial charge in [0, 0.05) is 22.2 Å². The molecule has 2 nitrogen and oxygen atoms in total. The summed E-state index contributed by atoms with van der Waals surface area (Å²) in [5.74, 6) is 0. The van der Waals surface area contributed by atoms with Crippen LogP contribution in [0.5, 0.6) is 0 Å². The number of nitrogen functional groups attached to an aromatic ring is 1. The molecule has 1 aliphatic rings. The van der Waals surface area contributed by atoms with Gasteiger partial charge in [-0.15, -0.1) is 0 Å². The first-order valence-electron chi connectivity index (χ1n) is 5.78. The van der Waals surface area contributed by atoms with E-state index in [0.29, 0.717) is 5.54 Å². The van der Waals surface area contributed by atoms with Gasteiger partial charge in [-0.05, 0) is 66.9 Å². The molecule has 1 aromatic rings. The maximum absolute atomic E-state index is 5.79. The molecule has 1 saturated heterocycles. The molecule has 0 amide bonds. The van der Waals surface area contributed by atoms with Crippen LogP contribution in [0.4, 0.5) is 5.69 Å². The number of nitrogens with zero attached hydrogens (tertiary/aromatic N) is 1. The first-order valence-corrected chi connectivity index (χ1v) is 6.57. The molecule has 0 atom stereocenters. The van der Waals surface area contributed by atoms with Crippen molar-refractivity contribution in [1.82, 2.24) is 4.90 Å². The lowest BCUT2D eigenvalue weighted by Crippen LogP contribution is -2.37. The van der Waals surface area contributed by atoms with E-state index in [-0.39, 0.29) is 0 Å². The third-order valence-corrected chi connectivity index (χ3v) is 4.20. The van der Waals surface area contributed by atoms with Gasteiger partial charge < -0.3 is 5.73 Å². The highest BCUT2D eigenvalue weighted by Gasteiger charge is 2.31. The Balaban J connectivity index is 2.12. The number of hydrogen-bond acceptors (Lipinski definition) is 2. The Bertz CT molecular complexity index is 388. The highest BCUT2D eigenvalue weighted by Crippen LogP contribution is 2.30. The summed E-state index contributed by atoms with van der Waals surface area (Å²) in [6.07, 6.45) is 2.60. The van der Waals surface area contributed by atoms with Crippen LogP contribution in [0.3, 0.4) is 0 Å². The molecule has 0 unspecified atom stereocenters. The van der Waals surface area contributed by atoms with Crippen molar-refractivity contribution in [2.75, 3.05) is 12.3 Å². The number of rotatable bonds is 2. The standard InChI is InChI=1S/C13H19BrN2/c1-13(2)6-3-7-16(13)9-10-4-5-12(15)11(14)8-10/h4-5,8H,3,6-7,9,15H2,1-2H3. The van der Waals surface area contributed by atoms with Gasteiger partial charge in [-0.3, -0.25) is 4.90 Å². The van der Waals surface area contributed by atoms with E-state index in [0.717, 1.165) is 16.7 Å². The van der Waals surface area contributed by atoms with E-state index in [1.54, 1.807) is 0 Å². The summed E-state index contributed by atoms with van der Waals surface area (Å²) < 4.78 is 1.00. The molecule has 16 heavy (non-hydrogen) atoms. The van der Waals surface area contributed by atoms with Gasteiger partial charge in [0.25, 0.3) is 0 Å². The Morgan fingerprint density at radius 3 is 2.75 bits per heavy atom. The molecule has 1 fully saturated rings. The predicted octanol–water partition coefficient (Wildman–Crippen LogP) is 3.41. The van der Waals surface area contributed by atoms with E-state index >= 15 is 0 Å². The average molecular weight is 283 g/mol. The average Bonchev–Trinajstić information content (AvgIpc) is 2.52. The van der Waals surface area contributed by atoms with Gasteiger partial charge in [0.15, 0.2) is 0 Å². The van der Waals surface area contributed by atoms with Crippen molar-refractivity contribution in [2.24, 2.45) is 0 Å². The summed E-state index contributed by atoms with van der Waals surface area (Å²) in [6.45, 7) is 6.87. The normalized spacial score (nSPS) is 20.2. The van der Waals surface area contributed by atoms with Crippen molar-refractivity contribution in [2.45, 2.75) is 38.8 Å². The molecular weight excluding hydrogens is 264 g/mol. The first kappa shape index (κ1) is 11.9. The van der Waals surface area contributed by atoms with Crippen molar-refractivity contribution in [3.8, 4) is 0 Å². The quantitative estimate of drug-likeness (QED) is 0.843. The molecule has 0 radical (unpaired) electrons. The van der Waals surface area contributed by atoms with Crippen LogP contribution in [0.1, 0.15) is 32.3 Å². The molecule has 2 N–H and O–H groups in total.